The molecule has 0 amide bonds. The number of benzene rings is 1. The Morgan fingerprint density at radius 1 is 1.25 bits per heavy atom. The minimum atomic E-state index is -0.250. The van der Waals surface area contributed by atoms with Crippen molar-refractivity contribution < 1.29 is 9.59 Å². The molecule has 0 fully saturated rings. The second-order valence-corrected chi connectivity index (χ2v) is 5.44. The van der Waals surface area contributed by atoms with Crippen molar-refractivity contribution in [3.05, 3.63) is 47.2 Å². The molecule has 100 valence electrons. The average Bonchev–Trinajstić information content (AvgIpc) is 3.04. The summed E-state index contributed by atoms with van der Waals surface area (Å²) in [7, 11) is 1.73. The highest BCUT2D eigenvalue weighted by Gasteiger charge is 2.18. The SMILES string of the molecule is Cn1cc(C(=O)CC(=O)c2nc3ccccc3s2)cn1. The van der Waals surface area contributed by atoms with Crippen molar-refractivity contribution in [3.63, 3.8) is 0 Å². The Labute approximate surface area is 118 Å². The first kappa shape index (κ1) is 12.7. The van der Waals surface area contributed by atoms with Crippen molar-refractivity contribution in [1.29, 1.82) is 0 Å². The fourth-order valence-electron chi connectivity index (χ4n) is 1.88. The normalized spacial score (nSPS) is 10.8. The molecule has 0 aliphatic rings. The van der Waals surface area contributed by atoms with E-state index in [0.29, 0.717) is 10.6 Å². The number of nitrogens with zero attached hydrogens (tertiary/aromatic N) is 3. The molecule has 0 aliphatic heterocycles. The van der Waals surface area contributed by atoms with E-state index in [4.69, 9.17) is 0 Å². The van der Waals surface area contributed by atoms with Crippen LogP contribution in [-0.4, -0.2) is 26.3 Å². The maximum atomic E-state index is 12.1. The molecule has 0 aliphatic carbocycles. The van der Waals surface area contributed by atoms with E-state index in [0.717, 1.165) is 10.2 Å². The summed E-state index contributed by atoms with van der Waals surface area (Å²) in [5, 5.41) is 4.30. The molecule has 0 atom stereocenters. The molecule has 3 rings (SSSR count). The lowest BCUT2D eigenvalue weighted by Crippen LogP contribution is -2.07. The number of fused-ring (bicyclic) bond motifs is 1. The molecule has 3 aromatic rings. The number of carbonyl (C=O) groups is 2. The van der Waals surface area contributed by atoms with Crippen molar-refractivity contribution in [3.8, 4) is 0 Å². The molecule has 0 bridgehead atoms. The predicted octanol–water partition coefficient (Wildman–Crippen LogP) is 2.49. The molecule has 0 unspecified atom stereocenters. The standard InChI is InChI=1S/C14H11N3O2S/c1-17-8-9(7-15-17)11(18)6-12(19)14-16-10-4-2-3-5-13(10)20-14/h2-5,7-8H,6H2,1H3. The first-order chi connectivity index (χ1) is 9.63. The van der Waals surface area contributed by atoms with Crippen LogP contribution in [0.5, 0.6) is 0 Å². The Balaban J connectivity index is 1.80. The van der Waals surface area contributed by atoms with Crippen molar-refractivity contribution >= 4 is 33.1 Å². The Morgan fingerprint density at radius 3 is 2.75 bits per heavy atom. The second kappa shape index (κ2) is 4.97. The molecule has 20 heavy (non-hydrogen) atoms. The largest absolute Gasteiger partial charge is 0.294 e. The minimum absolute atomic E-state index is 0.175. The van der Waals surface area contributed by atoms with Crippen LogP contribution in [0.4, 0.5) is 0 Å². The van der Waals surface area contributed by atoms with Crippen LogP contribution >= 0.6 is 11.3 Å². The topological polar surface area (TPSA) is 64.8 Å². The lowest BCUT2D eigenvalue weighted by molar-refractivity contribution is 0.0894. The molecular weight excluding hydrogens is 274 g/mol. The van der Waals surface area contributed by atoms with Gasteiger partial charge in [-0.05, 0) is 12.1 Å². The van der Waals surface area contributed by atoms with E-state index in [1.54, 1.807) is 13.2 Å². The van der Waals surface area contributed by atoms with Crippen LogP contribution in [0.15, 0.2) is 36.7 Å². The highest BCUT2D eigenvalue weighted by Crippen LogP contribution is 2.22. The third-order valence-corrected chi connectivity index (χ3v) is 3.96. The maximum absolute atomic E-state index is 12.1. The zero-order valence-corrected chi connectivity index (χ0v) is 11.6. The van der Waals surface area contributed by atoms with Crippen LogP contribution < -0.4 is 0 Å². The Hall–Kier alpha value is -2.34. The average molecular weight is 285 g/mol. The van der Waals surface area contributed by atoms with Crippen LogP contribution in [-0.2, 0) is 7.05 Å². The third kappa shape index (κ3) is 2.37. The van der Waals surface area contributed by atoms with E-state index in [1.807, 2.05) is 24.3 Å². The van der Waals surface area contributed by atoms with Gasteiger partial charge in [0.25, 0.3) is 0 Å². The molecule has 1 aromatic carbocycles. The molecule has 6 heteroatoms. The van der Waals surface area contributed by atoms with Crippen LogP contribution in [0.1, 0.15) is 26.6 Å². The van der Waals surface area contributed by atoms with Crippen LogP contribution in [0, 0.1) is 0 Å². The highest BCUT2D eigenvalue weighted by molar-refractivity contribution is 7.20. The van der Waals surface area contributed by atoms with Gasteiger partial charge in [-0.2, -0.15) is 5.10 Å². The van der Waals surface area contributed by atoms with Crippen LogP contribution in [0.25, 0.3) is 10.2 Å². The van der Waals surface area contributed by atoms with Crippen molar-refractivity contribution in [2.45, 2.75) is 6.42 Å². The van der Waals surface area contributed by atoms with E-state index in [1.165, 1.54) is 22.2 Å². The Kier molecular flexibility index (Phi) is 3.15. The minimum Gasteiger partial charge on any atom is -0.294 e. The first-order valence-corrected chi connectivity index (χ1v) is 6.86. The monoisotopic (exact) mass is 285 g/mol. The molecule has 0 spiro atoms. The van der Waals surface area contributed by atoms with Crippen LogP contribution in [0.2, 0.25) is 0 Å². The summed E-state index contributed by atoms with van der Waals surface area (Å²) in [6.07, 6.45) is 2.90. The summed E-state index contributed by atoms with van der Waals surface area (Å²) in [6.45, 7) is 0. The number of aryl methyl sites for hydroxylation is 1. The van der Waals surface area contributed by atoms with Gasteiger partial charge in [0, 0.05) is 13.2 Å². The van der Waals surface area contributed by atoms with Gasteiger partial charge in [-0.15, -0.1) is 11.3 Å². The maximum Gasteiger partial charge on any atom is 0.199 e. The molecule has 0 radical (unpaired) electrons. The predicted molar refractivity (Wildman–Crippen MR) is 76.1 cm³/mol. The van der Waals surface area contributed by atoms with Crippen molar-refractivity contribution in [1.82, 2.24) is 14.8 Å². The van der Waals surface area contributed by atoms with Gasteiger partial charge in [0.1, 0.15) is 0 Å². The van der Waals surface area contributed by atoms with Crippen LogP contribution in [0.3, 0.4) is 0 Å². The molecule has 0 N–H and O–H groups in total. The Bertz CT molecular complexity index is 770. The van der Waals surface area contributed by atoms with Gasteiger partial charge in [0.05, 0.1) is 28.4 Å². The van der Waals surface area contributed by atoms with Gasteiger partial charge >= 0.3 is 0 Å². The second-order valence-electron chi connectivity index (χ2n) is 4.41. The third-order valence-electron chi connectivity index (χ3n) is 2.88. The van der Waals surface area contributed by atoms with Crippen molar-refractivity contribution in [2.75, 3.05) is 0 Å². The van der Waals surface area contributed by atoms with Gasteiger partial charge in [0.15, 0.2) is 16.6 Å². The van der Waals surface area contributed by atoms with E-state index in [-0.39, 0.29) is 18.0 Å². The molecule has 2 heterocycles. The number of aromatic nitrogens is 3. The molecular formula is C14H11N3O2S. The van der Waals surface area contributed by atoms with E-state index < -0.39 is 0 Å². The fourth-order valence-corrected chi connectivity index (χ4v) is 2.78. The number of hydrogen-bond donors (Lipinski definition) is 0. The highest BCUT2D eigenvalue weighted by atomic mass is 32.1. The summed E-state index contributed by atoms with van der Waals surface area (Å²) in [4.78, 5) is 28.3. The molecule has 5 nitrogen and oxygen atoms in total. The first-order valence-electron chi connectivity index (χ1n) is 6.04. The lowest BCUT2D eigenvalue weighted by atomic mass is 10.1. The smallest absolute Gasteiger partial charge is 0.199 e. The zero-order chi connectivity index (χ0) is 14.1. The number of para-hydroxylation sites is 1. The number of thiazole rings is 1. The number of ketones is 2. The molecule has 0 saturated heterocycles. The number of hydrogen-bond acceptors (Lipinski definition) is 5. The van der Waals surface area contributed by atoms with Gasteiger partial charge in [-0.1, -0.05) is 12.1 Å². The van der Waals surface area contributed by atoms with Crippen molar-refractivity contribution in [2.24, 2.45) is 7.05 Å². The van der Waals surface area contributed by atoms with E-state index >= 15 is 0 Å². The molecule has 2 aromatic heterocycles. The van der Waals surface area contributed by atoms with E-state index in [2.05, 4.69) is 10.1 Å². The summed E-state index contributed by atoms with van der Waals surface area (Å²) >= 11 is 1.31. The zero-order valence-electron chi connectivity index (χ0n) is 10.7. The summed E-state index contributed by atoms with van der Waals surface area (Å²) < 4.78 is 2.49. The number of rotatable bonds is 4. The summed E-state index contributed by atoms with van der Waals surface area (Å²) in [5.74, 6) is -0.484. The van der Waals surface area contributed by atoms with Gasteiger partial charge in [-0.3, -0.25) is 14.3 Å². The quantitative estimate of drug-likeness (QED) is 0.545. The molecule has 0 saturated carbocycles. The van der Waals surface area contributed by atoms with E-state index in [9.17, 15) is 9.59 Å². The van der Waals surface area contributed by atoms with Gasteiger partial charge < -0.3 is 0 Å². The number of Topliss-reactive ketones (excluding diaryl/α,β-unsaturated/α-hetero) is 2. The lowest BCUT2D eigenvalue weighted by Gasteiger charge is -1.94. The fraction of sp³-hybridized carbons (Fsp3) is 0.143. The van der Waals surface area contributed by atoms with Gasteiger partial charge in [-0.25, -0.2) is 4.98 Å². The summed E-state index contributed by atoms with van der Waals surface area (Å²) in [5.41, 5.74) is 1.23. The summed E-state index contributed by atoms with van der Waals surface area (Å²) in [6, 6.07) is 7.53. The van der Waals surface area contributed by atoms with Gasteiger partial charge in [0.2, 0.25) is 0 Å². The number of carbonyl (C=O) groups excluding carboxylic acids is 2. The Morgan fingerprint density at radius 2 is 2.05 bits per heavy atom.